The third-order valence-corrected chi connectivity index (χ3v) is 3.98. The maximum absolute atomic E-state index is 5.99. The predicted octanol–water partition coefficient (Wildman–Crippen LogP) is 4.86. The molecule has 74 valence electrons. The maximum atomic E-state index is 5.99. The fraction of sp³-hybridized carbons (Fsp3) is 0.273. The van der Waals surface area contributed by atoms with E-state index in [0.717, 1.165) is 10.8 Å². The summed E-state index contributed by atoms with van der Waals surface area (Å²) < 4.78 is 2.14. The van der Waals surface area contributed by atoms with Crippen LogP contribution < -0.4 is 0 Å². The van der Waals surface area contributed by atoms with Gasteiger partial charge < -0.3 is 0 Å². The Kier molecular flexibility index (Phi) is 3.01. The van der Waals surface area contributed by atoms with Crippen LogP contribution in [-0.4, -0.2) is 0 Å². The van der Waals surface area contributed by atoms with Gasteiger partial charge >= 0.3 is 0 Å². The highest BCUT2D eigenvalue weighted by Gasteiger charge is 2.08. The second-order valence-corrected chi connectivity index (χ2v) is 5.11. The number of aryl methyl sites for hydroxylation is 1. The van der Waals surface area contributed by atoms with Gasteiger partial charge in [-0.25, -0.2) is 0 Å². The van der Waals surface area contributed by atoms with Gasteiger partial charge in [0.1, 0.15) is 0 Å². The number of thiophene rings is 1. The van der Waals surface area contributed by atoms with Gasteiger partial charge in [0, 0.05) is 10.6 Å². The first-order valence-electron chi connectivity index (χ1n) is 4.52. The molecule has 0 aliphatic carbocycles. The molecular formula is C11H10Cl2S. The van der Waals surface area contributed by atoms with Crippen LogP contribution in [0.15, 0.2) is 18.2 Å². The largest absolute Gasteiger partial charge is 0.123 e. The first-order chi connectivity index (χ1) is 6.76. The molecule has 1 aromatic heterocycles. The van der Waals surface area contributed by atoms with Crippen LogP contribution in [0.4, 0.5) is 0 Å². The molecule has 0 atom stereocenters. The second-order valence-electron chi connectivity index (χ2n) is 3.16. The zero-order valence-corrected chi connectivity index (χ0v) is 10.1. The summed E-state index contributed by atoms with van der Waals surface area (Å²) in [7, 11) is 0. The normalized spacial score (nSPS) is 11.1. The van der Waals surface area contributed by atoms with Crippen LogP contribution in [0.5, 0.6) is 0 Å². The van der Waals surface area contributed by atoms with Crippen molar-refractivity contribution in [3.05, 3.63) is 33.7 Å². The molecule has 2 aromatic rings. The van der Waals surface area contributed by atoms with Crippen molar-refractivity contribution in [1.29, 1.82) is 0 Å². The molecule has 0 radical (unpaired) electrons. The fourth-order valence-electron chi connectivity index (χ4n) is 1.68. The minimum Gasteiger partial charge on any atom is -0.123 e. The van der Waals surface area contributed by atoms with Crippen LogP contribution in [0.25, 0.3) is 10.1 Å². The molecule has 0 aliphatic heterocycles. The predicted molar refractivity (Wildman–Crippen MR) is 65.8 cm³/mol. The summed E-state index contributed by atoms with van der Waals surface area (Å²) in [6, 6.07) is 6.20. The highest BCUT2D eigenvalue weighted by atomic mass is 35.5. The first kappa shape index (κ1) is 10.3. The molecule has 0 saturated carbocycles. The van der Waals surface area contributed by atoms with Crippen LogP contribution in [0.2, 0.25) is 4.34 Å². The molecule has 0 aliphatic rings. The monoisotopic (exact) mass is 244 g/mol. The molecular weight excluding hydrogens is 235 g/mol. The zero-order chi connectivity index (χ0) is 10.1. The number of benzene rings is 1. The standard InChI is InChI=1S/C11H10Cl2S/c1-2-9-8(6-12)4-3-7-5-10(13)14-11(7)9/h3-5H,2,6H2,1H3. The highest BCUT2D eigenvalue weighted by Crippen LogP contribution is 2.34. The smallest absolute Gasteiger partial charge is 0.0940 e. The topological polar surface area (TPSA) is 0 Å². The minimum atomic E-state index is 0.578. The van der Waals surface area contributed by atoms with E-state index >= 15 is 0 Å². The molecule has 0 fully saturated rings. The third-order valence-electron chi connectivity index (χ3n) is 2.35. The van der Waals surface area contributed by atoms with E-state index in [1.165, 1.54) is 21.2 Å². The van der Waals surface area contributed by atoms with Gasteiger partial charge in [0.2, 0.25) is 0 Å². The van der Waals surface area contributed by atoms with E-state index in [1.54, 1.807) is 11.3 Å². The van der Waals surface area contributed by atoms with Crippen LogP contribution in [0, 0.1) is 0 Å². The average Bonchev–Trinajstić information content (AvgIpc) is 2.56. The summed E-state index contributed by atoms with van der Waals surface area (Å²) in [5, 5.41) is 1.23. The summed E-state index contributed by atoms with van der Waals surface area (Å²) in [5.41, 5.74) is 2.56. The lowest BCUT2D eigenvalue weighted by Crippen LogP contribution is -1.88. The molecule has 0 spiro atoms. The number of hydrogen-bond donors (Lipinski definition) is 0. The minimum absolute atomic E-state index is 0.578. The van der Waals surface area contributed by atoms with Crippen LogP contribution in [0.3, 0.4) is 0 Å². The lowest BCUT2D eigenvalue weighted by Gasteiger charge is -2.05. The first-order valence-corrected chi connectivity index (χ1v) is 6.25. The van der Waals surface area contributed by atoms with Crippen LogP contribution >= 0.6 is 34.5 Å². The van der Waals surface area contributed by atoms with Gasteiger partial charge in [0.15, 0.2) is 0 Å². The van der Waals surface area contributed by atoms with Gasteiger partial charge in [0.25, 0.3) is 0 Å². The van der Waals surface area contributed by atoms with Crippen molar-refractivity contribution in [1.82, 2.24) is 0 Å². The Hall–Kier alpha value is -0.240. The summed E-state index contributed by atoms with van der Waals surface area (Å²) in [5.74, 6) is 0.578. The lowest BCUT2D eigenvalue weighted by molar-refractivity contribution is 1.12. The van der Waals surface area contributed by atoms with Gasteiger partial charge in [-0.05, 0) is 29.0 Å². The van der Waals surface area contributed by atoms with Gasteiger partial charge in [-0.3, -0.25) is 0 Å². The van der Waals surface area contributed by atoms with Gasteiger partial charge in [-0.15, -0.1) is 22.9 Å². The Labute approximate surface area is 97.5 Å². The van der Waals surface area contributed by atoms with Crippen molar-refractivity contribution in [3.63, 3.8) is 0 Å². The number of hydrogen-bond acceptors (Lipinski definition) is 1. The summed E-state index contributed by atoms with van der Waals surface area (Å²) in [6.07, 6.45) is 1.01. The van der Waals surface area contributed by atoms with E-state index in [4.69, 9.17) is 23.2 Å². The molecule has 1 heterocycles. The number of fused-ring (bicyclic) bond motifs is 1. The van der Waals surface area contributed by atoms with Crippen LogP contribution in [-0.2, 0) is 12.3 Å². The Morgan fingerprint density at radius 1 is 1.36 bits per heavy atom. The summed E-state index contributed by atoms with van der Waals surface area (Å²) >= 11 is 13.5. The molecule has 0 nitrogen and oxygen atoms in total. The van der Waals surface area contributed by atoms with E-state index < -0.39 is 0 Å². The average molecular weight is 245 g/mol. The molecule has 3 heteroatoms. The Morgan fingerprint density at radius 3 is 2.79 bits per heavy atom. The van der Waals surface area contributed by atoms with Crippen LogP contribution in [0.1, 0.15) is 18.1 Å². The molecule has 0 unspecified atom stereocenters. The van der Waals surface area contributed by atoms with E-state index in [0.29, 0.717) is 5.88 Å². The van der Waals surface area contributed by atoms with Gasteiger partial charge in [-0.2, -0.15) is 0 Å². The quantitative estimate of drug-likeness (QED) is 0.663. The molecule has 2 rings (SSSR count). The fourth-order valence-corrected chi connectivity index (χ4v) is 3.31. The maximum Gasteiger partial charge on any atom is 0.0940 e. The SMILES string of the molecule is CCc1c(CCl)ccc2cc(Cl)sc12. The van der Waals surface area contributed by atoms with Crippen molar-refractivity contribution in [2.75, 3.05) is 0 Å². The molecule has 0 bridgehead atoms. The molecule has 14 heavy (non-hydrogen) atoms. The van der Waals surface area contributed by atoms with Crippen molar-refractivity contribution in [2.24, 2.45) is 0 Å². The summed E-state index contributed by atoms with van der Waals surface area (Å²) in [4.78, 5) is 0. The number of rotatable bonds is 2. The second kappa shape index (κ2) is 4.09. The lowest BCUT2D eigenvalue weighted by atomic mass is 10.0. The molecule has 0 amide bonds. The Balaban J connectivity index is 2.75. The Bertz CT molecular complexity index is 460. The summed E-state index contributed by atoms with van der Waals surface area (Å²) in [6.45, 7) is 2.15. The molecule has 0 N–H and O–H groups in total. The van der Waals surface area contributed by atoms with E-state index in [2.05, 4.69) is 19.1 Å². The van der Waals surface area contributed by atoms with Gasteiger partial charge in [-0.1, -0.05) is 30.7 Å². The Morgan fingerprint density at radius 2 is 2.14 bits per heavy atom. The highest BCUT2D eigenvalue weighted by molar-refractivity contribution is 7.22. The number of alkyl halides is 1. The number of halogens is 2. The zero-order valence-electron chi connectivity index (χ0n) is 7.81. The van der Waals surface area contributed by atoms with Crippen molar-refractivity contribution >= 4 is 44.6 Å². The van der Waals surface area contributed by atoms with Gasteiger partial charge in [0.05, 0.1) is 4.34 Å². The van der Waals surface area contributed by atoms with E-state index in [1.807, 2.05) is 6.07 Å². The van der Waals surface area contributed by atoms with E-state index in [9.17, 15) is 0 Å². The molecule has 0 saturated heterocycles. The van der Waals surface area contributed by atoms with Crippen molar-refractivity contribution < 1.29 is 0 Å². The van der Waals surface area contributed by atoms with Crippen molar-refractivity contribution in [3.8, 4) is 0 Å². The van der Waals surface area contributed by atoms with E-state index in [-0.39, 0.29) is 0 Å². The molecule has 1 aromatic carbocycles. The third kappa shape index (κ3) is 1.65. The van der Waals surface area contributed by atoms with Crippen molar-refractivity contribution in [2.45, 2.75) is 19.2 Å².